The van der Waals surface area contributed by atoms with Gasteiger partial charge in [-0.3, -0.25) is 13.9 Å². The molecule has 0 aromatic heterocycles. The Morgan fingerprint density at radius 1 is 1.00 bits per heavy atom. The fourth-order valence-electron chi connectivity index (χ4n) is 4.07. The fraction of sp³-hybridized carbons (Fsp3) is 0.310. The number of halogens is 2. The fourth-order valence-corrected chi connectivity index (χ4v) is 5.66. The van der Waals surface area contributed by atoms with Gasteiger partial charge in [0.25, 0.3) is 10.0 Å². The molecule has 0 spiro atoms. The summed E-state index contributed by atoms with van der Waals surface area (Å²) in [6.07, 6.45) is 1.01. The maximum Gasteiger partial charge on any atom is 0.264 e. The number of nitrogens with zero attached hydrogens (tertiary/aromatic N) is 2. The molecule has 1 atom stereocenters. The zero-order chi connectivity index (χ0) is 28.6. The van der Waals surface area contributed by atoms with Crippen LogP contribution in [0.1, 0.15) is 37.8 Å². The van der Waals surface area contributed by atoms with Crippen molar-refractivity contribution in [3.63, 3.8) is 0 Å². The molecule has 7 nitrogen and oxygen atoms in total. The molecule has 3 rings (SSSR count). The molecule has 39 heavy (non-hydrogen) atoms. The Hall–Kier alpha value is -3.43. The number of anilines is 1. The third-order valence-electron chi connectivity index (χ3n) is 6.19. The zero-order valence-corrected chi connectivity index (χ0v) is 23.8. The second-order valence-corrected chi connectivity index (χ2v) is 11.5. The number of nitrogens with one attached hydrogen (secondary N) is 1. The Balaban J connectivity index is 2.04. The van der Waals surface area contributed by atoms with E-state index in [2.05, 4.69) is 5.32 Å². The molecule has 0 unspecified atom stereocenters. The molecule has 0 aliphatic rings. The van der Waals surface area contributed by atoms with Crippen LogP contribution in [0.25, 0.3) is 0 Å². The van der Waals surface area contributed by atoms with Crippen molar-refractivity contribution in [2.75, 3.05) is 17.4 Å². The highest BCUT2D eigenvalue weighted by molar-refractivity contribution is 7.92. The minimum absolute atomic E-state index is 0.00880. The molecular formula is C29H33ClFN3O4S. The summed E-state index contributed by atoms with van der Waals surface area (Å²) in [5.74, 6) is -1.36. The van der Waals surface area contributed by atoms with Crippen molar-refractivity contribution in [1.29, 1.82) is 0 Å². The number of carbonyl (C=O) groups is 2. The van der Waals surface area contributed by atoms with E-state index in [9.17, 15) is 22.4 Å². The molecule has 0 heterocycles. The van der Waals surface area contributed by atoms with Crippen molar-refractivity contribution in [2.24, 2.45) is 0 Å². The van der Waals surface area contributed by atoms with E-state index in [-0.39, 0.29) is 23.0 Å². The van der Waals surface area contributed by atoms with Gasteiger partial charge in [-0.05, 0) is 67.8 Å². The smallest absolute Gasteiger partial charge is 0.264 e. The zero-order valence-electron chi connectivity index (χ0n) is 22.2. The largest absolute Gasteiger partial charge is 0.354 e. The summed E-state index contributed by atoms with van der Waals surface area (Å²) in [7, 11) is -4.18. The molecule has 0 saturated carbocycles. The number of aryl methyl sites for hydroxylation is 1. The first kappa shape index (κ1) is 30.1. The Morgan fingerprint density at radius 3 is 2.26 bits per heavy atom. The third kappa shape index (κ3) is 7.80. The lowest BCUT2D eigenvalue weighted by atomic mass is 10.1. The number of sulfonamides is 1. The van der Waals surface area contributed by atoms with Crippen LogP contribution in [0.4, 0.5) is 10.1 Å². The van der Waals surface area contributed by atoms with Crippen LogP contribution in [0.5, 0.6) is 0 Å². The number of carbonyl (C=O) groups excluding carboxylic acids is 2. The molecule has 208 valence electrons. The summed E-state index contributed by atoms with van der Waals surface area (Å²) in [5, 5.41) is 3.13. The Morgan fingerprint density at radius 2 is 1.67 bits per heavy atom. The monoisotopic (exact) mass is 573 g/mol. The van der Waals surface area contributed by atoms with Crippen LogP contribution < -0.4 is 9.62 Å². The van der Waals surface area contributed by atoms with Gasteiger partial charge in [-0.25, -0.2) is 12.8 Å². The van der Waals surface area contributed by atoms with E-state index >= 15 is 0 Å². The lowest BCUT2D eigenvalue weighted by molar-refractivity contribution is -0.140. The second-order valence-electron chi connectivity index (χ2n) is 9.17. The van der Waals surface area contributed by atoms with Crippen LogP contribution >= 0.6 is 11.6 Å². The van der Waals surface area contributed by atoms with Crippen LogP contribution in [0.2, 0.25) is 5.02 Å². The molecule has 10 heteroatoms. The topological polar surface area (TPSA) is 86.8 Å². The molecule has 0 fully saturated rings. The van der Waals surface area contributed by atoms with Crippen molar-refractivity contribution in [3.05, 3.63) is 94.8 Å². The highest BCUT2D eigenvalue weighted by Crippen LogP contribution is 2.27. The second kappa shape index (κ2) is 13.6. The number of amides is 2. The van der Waals surface area contributed by atoms with Crippen LogP contribution in [0.15, 0.2) is 77.7 Å². The molecule has 0 saturated heterocycles. The van der Waals surface area contributed by atoms with Gasteiger partial charge < -0.3 is 10.2 Å². The highest BCUT2D eigenvalue weighted by atomic mass is 35.5. The summed E-state index contributed by atoms with van der Waals surface area (Å²) in [6.45, 7) is 5.39. The van der Waals surface area contributed by atoms with Crippen molar-refractivity contribution >= 4 is 39.1 Å². The van der Waals surface area contributed by atoms with E-state index in [0.29, 0.717) is 30.0 Å². The van der Waals surface area contributed by atoms with E-state index < -0.39 is 34.3 Å². The predicted molar refractivity (Wildman–Crippen MR) is 151 cm³/mol. The molecule has 1 N–H and O–H groups in total. The van der Waals surface area contributed by atoms with Gasteiger partial charge >= 0.3 is 0 Å². The minimum atomic E-state index is -4.18. The Labute approximate surface area is 234 Å². The van der Waals surface area contributed by atoms with E-state index in [1.807, 2.05) is 13.8 Å². The third-order valence-corrected chi connectivity index (χ3v) is 8.21. The van der Waals surface area contributed by atoms with Gasteiger partial charge in [-0.2, -0.15) is 0 Å². The van der Waals surface area contributed by atoms with Gasteiger partial charge in [0.05, 0.1) is 10.6 Å². The van der Waals surface area contributed by atoms with Crippen LogP contribution in [-0.4, -0.2) is 44.3 Å². The first-order valence-corrected chi connectivity index (χ1v) is 14.5. The Bertz CT molecular complexity index is 1380. The molecule has 0 aliphatic heterocycles. The molecule has 3 aromatic carbocycles. The average Bonchev–Trinajstić information content (AvgIpc) is 2.91. The quantitative estimate of drug-likeness (QED) is 0.318. The standard InChI is InChI=1S/C29H33ClFN3O4S/c1-4-17-32-29(36)27(5-2)33(19-22-11-13-24(31)14-12-22)28(35)20-34(25-8-6-7-23(30)18-25)39(37,38)26-15-9-21(3)10-16-26/h6-16,18,27H,4-5,17,19-20H2,1-3H3,(H,32,36)/t27-/m0/s1. The number of hydrogen-bond donors (Lipinski definition) is 1. The maximum absolute atomic E-state index is 13.9. The molecule has 0 radical (unpaired) electrons. The Kier molecular flexibility index (Phi) is 10.5. The van der Waals surface area contributed by atoms with E-state index in [4.69, 9.17) is 11.6 Å². The molecular weight excluding hydrogens is 541 g/mol. The maximum atomic E-state index is 13.9. The van der Waals surface area contributed by atoms with Crippen LogP contribution in [0.3, 0.4) is 0 Å². The molecule has 0 aliphatic carbocycles. The van der Waals surface area contributed by atoms with E-state index in [0.717, 1.165) is 9.87 Å². The van der Waals surface area contributed by atoms with E-state index in [1.165, 1.54) is 47.4 Å². The first-order valence-electron chi connectivity index (χ1n) is 12.7. The molecule has 3 aromatic rings. The van der Waals surface area contributed by atoms with Gasteiger partial charge in [-0.15, -0.1) is 0 Å². The first-order chi connectivity index (χ1) is 18.6. The van der Waals surface area contributed by atoms with Crippen molar-refractivity contribution < 1.29 is 22.4 Å². The lowest BCUT2D eigenvalue weighted by Crippen LogP contribution is -2.52. The summed E-state index contributed by atoms with van der Waals surface area (Å²) in [4.78, 5) is 28.3. The predicted octanol–water partition coefficient (Wildman–Crippen LogP) is 5.32. The molecule has 2 amide bonds. The average molecular weight is 574 g/mol. The van der Waals surface area contributed by atoms with Crippen molar-refractivity contribution in [2.45, 2.75) is 51.1 Å². The van der Waals surface area contributed by atoms with E-state index in [1.54, 1.807) is 37.3 Å². The summed E-state index contributed by atoms with van der Waals surface area (Å²) < 4.78 is 42.2. The molecule has 0 bridgehead atoms. The number of hydrogen-bond acceptors (Lipinski definition) is 4. The van der Waals surface area contributed by atoms with Crippen molar-refractivity contribution in [1.82, 2.24) is 10.2 Å². The summed E-state index contributed by atoms with van der Waals surface area (Å²) >= 11 is 6.19. The number of rotatable bonds is 12. The van der Waals surface area contributed by atoms with Crippen molar-refractivity contribution in [3.8, 4) is 0 Å². The number of benzene rings is 3. The van der Waals surface area contributed by atoms with Gasteiger partial charge in [0, 0.05) is 18.1 Å². The lowest BCUT2D eigenvalue weighted by Gasteiger charge is -2.33. The van der Waals surface area contributed by atoms with Gasteiger partial charge in [0.15, 0.2) is 0 Å². The summed E-state index contributed by atoms with van der Waals surface area (Å²) in [6, 6.07) is 17.3. The normalized spacial score (nSPS) is 12.0. The minimum Gasteiger partial charge on any atom is -0.354 e. The SMILES string of the molecule is CCCNC(=O)[C@H](CC)N(Cc1ccc(F)cc1)C(=O)CN(c1cccc(Cl)c1)S(=O)(=O)c1ccc(C)cc1. The van der Waals surface area contributed by atoms with Gasteiger partial charge in [0.2, 0.25) is 11.8 Å². The summed E-state index contributed by atoms with van der Waals surface area (Å²) in [5.41, 5.74) is 1.69. The van der Waals surface area contributed by atoms with Crippen LogP contribution in [0, 0.1) is 12.7 Å². The van der Waals surface area contributed by atoms with Gasteiger partial charge in [-0.1, -0.05) is 61.3 Å². The van der Waals surface area contributed by atoms with Gasteiger partial charge in [0.1, 0.15) is 18.4 Å². The van der Waals surface area contributed by atoms with Crippen LogP contribution in [-0.2, 0) is 26.2 Å². The highest BCUT2D eigenvalue weighted by Gasteiger charge is 2.33.